The van der Waals surface area contributed by atoms with Crippen molar-refractivity contribution in [1.82, 2.24) is 4.90 Å². The first kappa shape index (κ1) is 17.8. The van der Waals surface area contributed by atoms with Gasteiger partial charge in [0.15, 0.2) is 24.1 Å². The Kier molecular flexibility index (Phi) is 5.41. The zero-order valence-electron chi connectivity index (χ0n) is 14.6. The molecule has 1 N–H and O–H groups in total. The molecular weight excluding hydrogens is 334 g/mol. The van der Waals surface area contributed by atoms with Crippen LogP contribution in [-0.2, 0) is 16.0 Å². The first-order valence-electron chi connectivity index (χ1n) is 8.56. The Morgan fingerprint density at radius 3 is 2.42 bits per heavy atom. The van der Waals surface area contributed by atoms with E-state index in [2.05, 4.69) is 0 Å². The van der Waals surface area contributed by atoms with Crippen molar-refractivity contribution in [2.75, 3.05) is 19.8 Å². The first-order valence-corrected chi connectivity index (χ1v) is 8.56. The maximum atomic E-state index is 12.7. The van der Waals surface area contributed by atoms with Gasteiger partial charge in [0, 0.05) is 6.54 Å². The molecule has 1 heterocycles. The largest absolute Gasteiger partial charge is 0.490 e. The Balaban J connectivity index is 1.75. The van der Waals surface area contributed by atoms with Gasteiger partial charge in [-0.3, -0.25) is 4.79 Å². The Hall–Kier alpha value is -3.02. The third-order valence-electron chi connectivity index (χ3n) is 4.34. The van der Waals surface area contributed by atoms with Crippen molar-refractivity contribution in [1.29, 1.82) is 0 Å². The predicted octanol–water partition coefficient (Wildman–Crippen LogP) is 2.67. The second-order valence-electron chi connectivity index (χ2n) is 5.95. The van der Waals surface area contributed by atoms with E-state index in [-0.39, 0.29) is 12.5 Å². The molecule has 0 radical (unpaired) electrons. The monoisotopic (exact) mass is 355 g/mol. The van der Waals surface area contributed by atoms with Gasteiger partial charge in [-0.2, -0.15) is 0 Å². The highest BCUT2D eigenvalue weighted by molar-refractivity contribution is 5.86. The molecule has 0 fully saturated rings. The van der Waals surface area contributed by atoms with E-state index in [9.17, 15) is 14.7 Å². The minimum atomic E-state index is -1.04. The highest BCUT2D eigenvalue weighted by Crippen LogP contribution is 2.31. The molecule has 3 rings (SSSR count). The number of nitrogens with zero attached hydrogens (tertiary/aromatic N) is 1. The number of carbonyl (C=O) groups excluding carboxylic acids is 1. The van der Waals surface area contributed by atoms with Crippen LogP contribution in [0.3, 0.4) is 0 Å². The summed E-state index contributed by atoms with van der Waals surface area (Å²) in [7, 11) is 0. The zero-order chi connectivity index (χ0) is 18.5. The summed E-state index contributed by atoms with van der Waals surface area (Å²) in [6, 6.07) is 13.4. The number of fused-ring (bicyclic) bond motifs is 1. The van der Waals surface area contributed by atoms with Crippen LogP contribution in [0.5, 0.6) is 11.5 Å². The highest BCUT2D eigenvalue weighted by Gasteiger charge is 2.35. The summed E-state index contributed by atoms with van der Waals surface area (Å²) in [5.74, 6) is -0.382. The first-order chi connectivity index (χ1) is 12.6. The second kappa shape index (κ2) is 7.91. The number of hydrogen-bond acceptors (Lipinski definition) is 4. The van der Waals surface area contributed by atoms with Crippen molar-refractivity contribution < 1.29 is 24.2 Å². The van der Waals surface area contributed by atoms with Crippen LogP contribution in [0, 0.1) is 0 Å². The molecule has 0 saturated carbocycles. The van der Waals surface area contributed by atoms with Crippen molar-refractivity contribution in [3.63, 3.8) is 0 Å². The summed E-state index contributed by atoms with van der Waals surface area (Å²) in [6.45, 7) is 2.46. The van der Waals surface area contributed by atoms with E-state index >= 15 is 0 Å². The molecule has 1 aliphatic rings. The van der Waals surface area contributed by atoms with Crippen LogP contribution in [0.25, 0.3) is 0 Å². The maximum absolute atomic E-state index is 12.7. The van der Waals surface area contributed by atoms with Crippen LogP contribution >= 0.6 is 0 Å². The number of carbonyl (C=O) groups is 2. The quantitative estimate of drug-likeness (QED) is 0.862. The fourth-order valence-corrected chi connectivity index (χ4v) is 3.17. The molecule has 1 unspecified atom stereocenters. The van der Waals surface area contributed by atoms with Crippen LogP contribution in [0.1, 0.15) is 24.1 Å². The average Bonchev–Trinajstić information content (AvgIpc) is 2.66. The summed E-state index contributed by atoms with van der Waals surface area (Å²) in [4.78, 5) is 25.8. The van der Waals surface area contributed by atoms with E-state index in [0.717, 1.165) is 5.56 Å². The van der Waals surface area contributed by atoms with E-state index in [1.807, 2.05) is 25.1 Å². The molecule has 0 aromatic heterocycles. The fourth-order valence-electron chi connectivity index (χ4n) is 3.17. The molecule has 6 nitrogen and oxygen atoms in total. The van der Waals surface area contributed by atoms with Crippen LogP contribution < -0.4 is 9.47 Å². The lowest BCUT2D eigenvalue weighted by Crippen LogP contribution is -2.45. The minimum Gasteiger partial charge on any atom is -0.490 e. The molecule has 2 aromatic rings. The van der Waals surface area contributed by atoms with E-state index in [4.69, 9.17) is 9.47 Å². The van der Waals surface area contributed by atoms with Gasteiger partial charge < -0.3 is 19.5 Å². The number of ether oxygens (including phenoxy) is 2. The van der Waals surface area contributed by atoms with Crippen molar-refractivity contribution in [3.05, 3.63) is 59.7 Å². The molecule has 0 bridgehead atoms. The topological polar surface area (TPSA) is 76.1 Å². The van der Waals surface area contributed by atoms with Gasteiger partial charge in [-0.05, 0) is 36.6 Å². The summed E-state index contributed by atoms with van der Waals surface area (Å²) in [5, 5.41) is 9.65. The highest BCUT2D eigenvalue weighted by atomic mass is 16.5. The van der Waals surface area contributed by atoms with E-state index < -0.39 is 12.0 Å². The van der Waals surface area contributed by atoms with Gasteiger partial charge in [-0.15, -0.1) is 0 Å². The SMILES string of the molecule is CCOc1ccccc1OCC(=O)N1CCc2ccccc2C1C(=O)O. The predicted molar refractivity (Wildman–Crippen MR) is 95.3 cm³/mol. The number of hydrogen-bond donors (Lipinski definition) is 1. The lowest BCUT2D eigenvalue weighted by molar-refractivity contribution is -0.152. The number of carboxylic acid groups (broad SMARTS) is 1. The molecule has 0 aliphatic carbocycles. The Labute approximate surface area is 152 Å². The van der Waals surface area contributed by atoms with Crippen LogP contribution in [0.15, 0.2) is 48.5 Å². The Morgan fingerprint density at radius 2 is 1.73 bits per heavy atom. The van der Waals surface area contributed by atoms with Crippen LogP contribution in [0.4, 0.5) is 0 Å². The molecule has 136 valence electrons. The van der Waals surface area contributed by atoms with E-state index in [1.54, 1.807) is 30.3 Å². The zero-order valence-corrected chi connectivity index (χ0v) is 14.6. The second-order valence-corrected chi connectivity index (χ2v) is 5.95. The van der Waals surface area contributed by atoms with Gasteiger partial charge in [0.05, 0.1) is 6.61 Å². The Bertz CT molecular complexity index is 804. The van der Waals surface area contributed by atoms with E-state index in [1.165, 1.54) is 4.90 Å². The molecule has 1 amide bonds. The Morgan fingerprint density at radius 1 is 1.08 bits per heavy atom. The van der Waals surface area contributed by atoms with E-state index in [0.29, 0.717) is 36.6 Å². The third-order valence-corrected chi connectivity index (χ3v) is 4.34. The summed E-state index contributed by atoms with van der Waals surface area (Å²) >= 11 is 0. The summed E-state index contributed by atoms with van der Waals surface area (Å²) in [5.41, 5.74) is 1.63. The normalized spacial score (nSPS) is 15.9. The van der Waals surface area contributed by atoms with Gasteiger partial charge in [0.25, 0.3) is 5.91 Å². The van der Waals surface area contributed by atoms with Crippen molar-refractivity contribution in [3.8, 4) is 11.5 Å². The standard InChI is InChI=1S/C20H21NO5/c1-2-25-16-9-5-6-10-17(16)26-13-18(22)21-12-11-14-7-3-4-8-15(14)19(21)20(23)24/h3-10,19H,2,11-13H2,1H3,(H,23,24). The number of rotatable bonds is 6. The maximum Gasteiger partial charge on any atom is 0.331 e. The van der Waals surface area contributed by atoms with Crippen molar-refractivity contribution >= 4 is 11.9 Å². The third kappa shape index (κ3) is 3.64. The van der Waals surface area contributed by atoms with Crippen LogP contribution in [0.2, 0.25) is 0 Å². The van der Waals surface area contributed by atoms with Gasteiger partial charge >= 0.3 is 5.97 Å². The molecule has 1 aliphatic heterocycles. The average molecular weight is 355 g/mol. The molecular formula is C20H21NO5. The van der Waals surface area contributed by atoms with Crippen molar-refractivity contribution in [2.45, 2.75) is 19.4 Å². The molecule has 2 aromatic carbocycles. The van der Waals surface area contributed by atoms with Crippen LogP contribution in [-0.4, -0.2) is 41.6 Å². The summed E-state index contributed by atoms with van der Waals surface area (Å²) in [6.07, 6.45) is 0.626. The molecule has 1 atom stereocenters. The molecule has 0 spiro atoms. The number of aliphatic carboxylic acids is 1. The number of benzene rings is 2. The minimum absolute atomic E-state index is 0.240. The van der Waals surface area contributed by atoms with Gasteiger partial charge in [-0.25, -0.2) is 4.79 Å². The van der Waals surface area contributed by atoms with Crippen molar-refractivity contribution in [2.24, 2.45) is 0 Å². The lowest BCUT2D eigenvalue weighted by atomic mass is 9.92. The number of carboxylic acids is 1. The lowest BCUT2D eigenvalue weighted by Gasteiger charge is -2.34. The fraction of sp³-hybridized carbons (Fsp3) is 0.300. The van der Waals surface area contributed by atoms with Gasteiger partial charge in [0.1, 0.15) is 0 Å². The molecule has 6 heteroatoms. The molecule has 26 heavy (non-hydrogen) atoms. The number of para-hydroxylation sites is 2. The smallest absolute Gasteiger partial charge is 0.331 e. The molecule has 0 saturated heterocycles. The number of amides is 1. The van der Waals surface area contributed by atoms with Gasteiger partial charge in [-0.1, -0.05) is 36.4 Å². The van der Waals surface area contributed by atoms with Gasteiger partial charge in [0.2, 0.25) is 0 Å². The summed E-state index contributed by atoms with van der Waals surface area (Å²) < 4.78 is 11.1.